The number of ether oxygens (including phenoxy) is 1. The Hall–Kier alpha value is -2.78. The number of rotatable bonds is 4. The number of nitrogens with one attached hydrogen (secondary N) is 2. The van der Waals surface area contributed by atoms with Crippen molar-refractivity contribution in [3.05, 3.63) is 46.7 Å². The zero-order chi connectivity index (χ0) is 19.4. The maximum Gasteiger partial charge on any atom is 0.412 e. The molecule has 0 atom stereocenters. The number of aromatic nitrogens is 2. The highest BCUT2D eigenvalue weighted by atomic mass is 32.1. The summed E-state index contributed by atoms with van der Waals surface area (Å²) in [6.07, 6.45) is -0.579. The number of hydrogen-bond donors (Lipinski definition) is 2. The molecule has 9 heteroatoms. The van der Waals surface area contributed by atoms with Crippen LogP contribution in [0, 0.1) is 0 Å². The molecule has 2 N–H and O–H groups in total. The summed E-state index contributed by atoms with van der Waals surface area (Å²) < 4.78 is 5.21. The number of thiophene rings is 1. The zero-order valence-corrected chi connectivity index (χ0v) is 16.6. The first kappa shape index (κ1) is 19.0. The van der Waals surface area contributed by atoms with Gasteiger partial charge in [0.15, 0.2) is 0 Å². The molecule has 0 radical (unpaired) electrons. The molecule has 0 saturated carbocycles. The van der Waals surface area contributed by atoms with Gasteiger partial charge < -0.3 is 4.74 Å². The van der Waals surface area contributed by atoms with E-state index in [0.29, 0.717) is 16.4 Å². The Kier molecular flexibility index (Phi) is 5.52. The molecule has 1 aromatic carbocycles. The molecule has 3 rings (SSSR count). The van der Waals surface area contributed by atoms with Crippen LogP contribution < -0.4 is 10.6 Å². The highest BCUT2D eigenvalue weighted by Gasteiger charge is 2.17. The van der Waals surface area contributed by atoms with Gasteiger partial charge in [-0.05, 0) is 50.4 Å². The molecule has 27 heavy (non-hydrogen) atoms. The van der Waals surface area contributed by atoms with Gasteiger partial charge in [0.05, 0.1) is 0 Å². The van der Waals surface area contributed by atoms with Crippen molar-refractivity contribution in [1.82, 2.24) is 10.2 Å². The van der Waals surface area contributed by atoms with Gasteiger partial charge in [-0.25, -0.2) is 4.79 Å². The second kappa shape index (κ2) is 7.85. The van der Waals surface area contributed by atoms with Crippen molar-refractivity contribution in [2.75, 3.05) is 10.6 Å². The van der Waals surface area contributed by atoms with Gasteiger partial charge in [-0.3, -0.25) is 15.4 Å². The number of nitrogens with zero attached hydrogens (tertiary/aromatic N) is 2. The Morgan fingerprint density at radius 3 is 2.63 bits per heavy atom. The average molecular weight is 403 g/mol. The minimum absolute atomic E-state index is 0.337. The first-order valence-electron chi connectivity index (χ1n) is 8.08. The van der Waals surface area contributed by atoms with Crippen molar-refractivity contribution in [2.45, 2.75) is 26.4 Å². The van der Waals surface area contributed by atoms with Gasteiger partial charge in [0.2, 0.25) is 5.13 Å². The molecule has 0 bridgehead atoms. The maximum absolute atomic E-state index is 12.5. The molecule has 140 valence electrons. The fourth-order valence-electron chi connectivity index (χ4n) is 2.11. The second-order valence-corrected chi connectivity index (χ2v) is 8.34. The first-order chi connectivity index (χ1) is 12.8. The Morgan fingerprint density at radius 1 is 1.11 bits per heavy atom. The molecule has 0 aliphatic heterocycles. The topological polar surface area (TPSA) is 93.2 Å². The van der Waals surface area contributed by atoms with Crippen molar-refractivity contribution in [3.63, 3.8) is 0 Å². The lowest BCUT2D eigenvalue weighted by atomic mass is 10.2. The van der Waals surface area contributed by atoms with Crippen LogP contribution in [-0.4, -0.2) is 27.8 Å². The monoisotopic (exact) mass is 402 g/mol. The summed E-state index contributed by atoms with van der Waals surface area (Å²) in [5.41, 5.74) is 1.22. The Morgan fingerprint density at radius 2 is 1.93 bits per heavy atom. The Balaban J connectivity index is 1.66. The van der Waals surface area contributed by atoms with Crippen LogP contribution in [0.2, 0.25) is 0 Å². The van der Waals surface area contributed by atoms with E-state index in [2.05, 4.69) is 20.8 Å². The number of anilines is 2. The van der Waals surface area contributed by atoms with E-state index in [9.17, 15) is 9.59 Å². The SMILES string of the molecule is CC(C)(C)OC(=O)Nc1cccc(C(=O)Nc2nnc(-c3ccsc3)s2)c1. The van der Waals surface area contributed by atoms with E-state index in [1.54, 1.807) is 56.4 Å². The summed E-state index contributed by atoms with van der Waals surface area (Å²) in [6, 6.07) is 8.53. The fourth-order valence-corrected chi connectivity index (χ4v) is 3.56. The van der Waals surface area contributed by atoms with Crippen LogP contribution in [-0.2, 0) is 4.74 Å². The van der Waals surface area contributed by atoms with Crippen molar-refractivity contribution < 1.29 is 14.3 Å². The van der Waals surface area contributed by atoms with Crippen molar-refractivity contribution in [3.8, 4) is 10.6 Å². The summed E-state index contributed by atoms with van der Waals surface area (Å²) in [7, 11) is 0. The Labute approximate surface area is 164 Å². The predicted molar refractivity (Wildman–Crippen MR) is 107 cm³/mol. The molecule has 7 nitrogen and oxygen atoms in total. The summed E-state index contributed by atoms with van der Waals surface area (Å²) >= 11 is 2.87. The molecule has 0 unspecified atom stereocenters. The molecule has 0 fully saturated rings. The molecule has 3 aromatic rings. The van der Waals surface area contributed by atoms with Crippen molar-refractivity contribution in [1.29, 1.82) is 0 Å². The number of amides is 2. The average Bonchev–Trinajstić information content (AvgIpc) is 3.24. The van der Waals surface area contributed by atoms with E-state index in [-0.39, 0.29) is 5.91 Å². The molecular weight excluding hydrogens is 384 g/mol. The quantitative estimate of drug-likeness (QED) is 0.650. The van der Waals surface area contributed by atoms with Gasteiger partial charge in [-0.1, -0.05) is 17.4 Å². The molecule has 0 spiro atoms. The lowest BCUT2D eigenvalue weighted by molar-refractivity contribution is 0.0635. The fraction of sp³-hybridized carbons (Fsp3) is 0.222. The van der Waals surface area contributed by atoms with Gasteiger partial charge in [0, 0.05) is 22.2 Å². The van der Waals surface area contributed by atoms with Crippen molar-refractivity contribution in [2.24, 2.45) is 0 Å². The third-order valence-electron chi connectivity index (χ3n) is 3.18. The van der Waals surface area contributed by atoms with Gasteiger partial charge in [-0.2, -0.15) is 11.3 Å². The van der Waals surface area contributed by atoms with Crippen LogP contribution in [0.3, 0.4) is 0 Å². The maximum atomic E-state index is 12.5. The highest BCUT2D eigenvalue weighted by Crippen LogP contribution is 2.28. The number of hydrogen-bond acceptors (Lipinski definition) is 7. The molecule has 0 aliphatic carbocycles. The third-order valence-corrected chi connectivity index (χ3v) is 4.75. The third kappa shape index (κ3) is 5.35. The Bertz CT molecular complexity index is 946. The predicted octanol–water partition coefficient (Wildman–Crippen LogP) is 4.87. The minimum atomic E-state index is -0.600. The van der Waals surface area contributed by atoms with Gasteiger partial charge in [-0.15, -0.1) is 10.2 Å². The van der Waals surface area contributed by atoms with E-state index in [0.717, 1.165) is 10.6 Å². The summed E-state index contributed by atoms with van der Waals surface area (Å²) in [6.45, 7) is 5.34. The van der Waals surface area contributed by atoms with E-state index >= 15 is 0 Å². The van der Waals surface area contributed by atoms with Crippen LogP contribution >= 0.6 is 22.7 Å². The van der Waals surface area contributed by atoms with Crippen LogP contribution in [0.15, 0.2) is 41.1 Å². The van der Waals surface area contributed by atoms with Gasteiger partial charge >= 0.3 is 6.09 Å². The number of carbonyl (C=O) groups is 2. The zero-order valence-electron chi connectivity index (χ0n) is 15.0. The lowest BCUT2D eigenvalue weighted by Gasteiger charge is -2.19. The second-order valence-electron chi connectivity index (χ2n) is 6.59. The number of carbonyl (C=O) groups excluding carboxylic acids is 2. The van der Waals surface area contributed by atoms with Crippen LogP contribution in [0.1, 0.15) is 31.1 Å². The normalized spacial score (nSPS) is 11.1. The van der Waals surface area contributed by atoms with Gasteiger partial charge in [0.25, 0.3) is 5.91 Å². The van der Waals surface area contributed by atoms with Crippen LogP contribution in [0.5, 0.6) is 0 Å². The molecule has 2 amide bonds. The molecule has 0 aliphatic rings. The summed E-state index contributed by atoms with van der Waals surface area (Å²) in [5, 5.41) is 18.5. The largest absolute Gasteiger partial charge is 0.444 e. The molecule has 0 saturated heterocycles. The summed E-state index contributed by atoms with van der Waals surface area (Å²) in [4.78, 5) is 24.3. The van der Waals surface area contributed by atoms with E-state index < -0.39 is 11.7 Å². The van der Waals surface area contributed by atoms with E-state index in [4.69, 9.17) is 4.74 Å². The smallest absolute Gasteiger partial charge is 0.412 e. The lowest BCUT2D eigenvalue weighted by Crippen LogP contribution is -2.27. The van der Waals surface area contributed by atoms with Gasteiger partial charge in [0.1, 0.15) is 10.6 Å². The van der Waals surface area contributed by atoms with Crippen LogP contribution in [0.4, 0.5) is 15.6 Å². The van der Waals surface area contributed by atoms with Crippen LogP contribution in [0.25, 0.3) is 10.6 Å². The molecule has 2 aromatic heterocycles. The number of benzene rings is 1. The first-order valence-corrected chi connectivity index (χ1v) is 9.83. The van der Waals surface area contributed by atoms with E-state index in [1.165, 1.54) is 11.3 Å². The van der Waals surface area contributed by atoms with Crippen molar-refractivity contribution >= 4 is 45.5 Å². The summed E-state index contributed by atoms with van der Waals surface area (Å²) in [5.74, 6) is -0.337. The molecular formula is C18H18N4O3S2. The highest BCUT2D eigenvalue weighted by molar-refractivity contribution is 7.19. The van der Waals surface area contributed by atoms with E-state index in [1.807, 2.05) is 16.8 Å². The molecule has 2 heterocycles. The standard InChI is InChI=1S/C18H18N4O3S2/c1-18(2,3)25-17(24)19-13-6-4-5-11(9-13)14(23)20-16-22-21-15(27-16)12-7-8-26-10-12/h4-10H,1-3H3,(H,19,24)(H,20,22,23). The minimum Gasteiger partial charge on any atom is -0.444 e.